The number of hydrazine groups is 1. The van der Waals surface area contributed by atoms with Gasteiger partial charge < -0.3 is 10.3 Å². The zero-order valence-corrected chi connectivity index (χ0v) is 11.9. The van der Waals surface area contributed by atoms with Gasteiger partial charge in [-0.05, 0) is 25.2 Å². The van der Waals surface area contributed by atoms with E-state index >= 15 is 0 Å². The molecule has 1 aromatic rings. The zero-order chi connectivity index (χ0) is 14.7. The first-order valence-electron chi connectivity index (χ1n) is 6.91. The van der Waals surface area contributed by atoms with Crippen molar-refractivity contribution < 1.29 is 4.92 Å². The summed E-state index contributed by atoms with van der Waals surface area (Å²) in [7, 11) is 0. The molecular weight excluding hydrogens is 258 g/mol. The predicted molar refractivity (Wildman–Crippen MR) is 78.5 cm³/mol. The van der Waals surface area contributed by atoms with E-state index in [1.807, 2.05) is 0 Å². The number of aromatic nitrogens is 1. The molecule has 1 aliphatic rings. The number of nitrogens with zero attached hydrogens (tertiary/aromatic N) is 3. The van der Waals surface area contributed by atoms with Gasteiger partial charge in [0.25, 0.3) is 5.69 Å². The van der Waals surface area contributed by atoms with Gasteiger partial charge in [0.15, 0.2) is 0 Å². The standard InChI is InChI=1S/C13H21N5O2/c1-9(2)5-6-17(10-3-4-10)13-8-11(18(19)20)7-12(15-13)16-14/h7-10H,3-6,14H2,1-2H3,(H,15,16). The Morgan fingerprint density at radius 1 is 1.55 bits per heavy atom. The minimum absolute atomic E-state index is 0.0122. The van der Waals surface area contributed by atoms with Crippen LogP contribution in [-0.2, 0) is 0 Å². The molecule has 0 aromatic carbocycles. The molecule has 7 heteroatoms. The number of pyridine rings is 1. The SMILES string of the molecule is CC(C)CCN(c1cc([N+](=O)[O-])cc(NN)n1)C1CC1. The topological polar surface area (TPSA) is 97.3 Å². The fraction of sp³-hybridized carbons (Fsp3) is 0.615. The predicted octanol–water partition coefficient (Wildman–Crippen LogP) is 2.29. The molecule has 0 atom stereocenters. The third-order valence-electron chi connectivity index (χ3n) is 3.38. The largest absolute Gasteiger partial charge is 0.353 e. The first-order chi connectivity index (χ1) is 9.51. The summed E-state index contributed by atoms with van der Waals surface area (Å²) in [5, 5.41) is 11.0. The van der Waals surface area contributed by atoms with Crippen LogP contribution in [0.3, 0.4) is 0 Å². The molecule has 1 aromatic heterocycles. The molecule has 1 aliphatic carbocycles. The molecule has 20 heavy (non-hydrogen) atoms. The van der Waals surface area contributed by atoms with Crippen LogP contribution in [0.25, 0.3) is 0 Å². The second-order valence-electron chi connectivity index (χ2n) is 5.58. The lowest BCUT2D eigenvalue weighted by Crippen LogP contribution is -2.29. The summed E-state index contributed by atoms with van der Waals surface area (Å²) in [5.74, 6) is 6.89. The lowest BCUT2D eigenvalue weighted by Gasteiger charge is -2.24. The fourth-order valence-electron chi connectivity index (χ4n) is 2.10. The monoisotopic (exact) mass is 279 g/mol. The molecule has 110 valence electrons. The molecule has 1 heterocycles. The maximum Gasteiger partial charge on any atom is 0.276 e. The first kappa shape index (κ1) is 14.5. The van der Waals surface area contributed by atoms with Crippen molar-refractivity contribution >= 4 is 17.3 Å². The molecule has 0 aliphatic heterocycles. The second-order valence-corrected chi connectivity index (χ2v) is 5.58. The summed E-state index contributed by atoms with van der Waals surface area (Å²) in [6, 6.07) is 3.32. The van der Waals surface area contributed by atoms with E-state index < -0.39 is 4.92 Å². The number of nitro groups is 1. The molecule has 1 saturated carbocycles. The van der Waals surface area contributed by atoms with E-state index in [9.17, 15) is 10.1 Å². The number of rotatable bonds is 7. The summed E-state index contributed by atoms with van der Waals surface area (Å²) < 4.78 is 0. The third-order valence-corrected chi connectivity index (χ3v) is 3.38. The molecule has 7 nitrogen and oxygen atoms in total. The van der Waals surface area contributed by atoms with Gasteiger partial charge in [0.2, 0.25) is 0 Å². The molecule has 0 unspecified atom stereocenters. The zero-order valence-electron chi connectivity index (χ0n) is 11.9. The van der Waals surface area contributed by atoms with Crippen molar-refractivity contribution in [1.29, 1.82) is 0 Å². The van der Waals surface area contributed by atoms with Crippen molar-refractivity contribution in [3.8, 4) is 0 Å². The molecule has 0 saturated heterocycles. The van der Waals surface area contributed by atoms with Crippen LogP contribution < -0.4 is 16.2 Å². The summed E-state index contributed by atoms with van der Waals surface area (Å²) in [5.41, 5.74) is 2.41. The Balaban J connectivity index is 2.26. The Hall–Kier alpha value is -1.89. The summed E-state index contributed by atoms with van der Waals surface area (Å²) in [4.78, 5) is 17.1. The average molecular weight is 279 g/mol. The second kappa shape index (κ2) is 6.04. The van der Waals surface area contributed by atoms with E-state index in [4.69, 9.17) is 5.84 Å². The molecule has 2 rings (SSSR count). The van der Waals surface area contributed by atoms with E-state index in [0.29, 0.717) is 23.6 Å². The van der Waals surface area contributed by atoms with Crippen LogP contribution in [0.1, 0.15) is 33.1 Å². The van der Waals surface area contributed by atoms with E-state index in [0.717, 1.165) is 25.8 Å². The number of hydrogen-bond donors (Lipinski definition) is 2. The number of nitrogens with two attached hydrogens (primary N) is 1. The summed E-state index contributed by atoms with van der Waals surface area (Å²) in [6.45, 7) is 5.19. The van der Waals surface area contributed by atoms with Crippen molar-refractivity contribution in [2.45, 2.75) is 39.2 Å². The van der Waals surface area contributed by atoms with Gasteiger partial charge in [-0.3, -0.25) is 10.1 Å². The molecule has 3 N–H and O–H groups in total. The maximum absolute atomic E-state index is 11.0. The van der Waals surface area contributed by atoms with Gasteiger partial charge in [0.1, 0.15) is 11.6 Å². The lowest BCUT2D eigenvalue weighted by molar-refractivity contribution is -0.384. The van der Waals surface area contributed by atoms with Crippen LogP contribution >= 0.6 is 0 Å². The Labute approximate surface area is 118 Å². The van der Waals surface area contributed by atoms with Crippen molar-refractivity contribution in [3.63, 3.8) is 0 Å². The minimum atomic E-state index is -0.417. The molecule has 1 fully saturated rings. The highest BCUT2D eigenvalue weighted by molar-refractivity contribution is 5.56. The highest BCUT2D eigenvalue weighted by Gasteiger charge is 2.31. The number of anilines is 2. The van der Waals surface area contributed by atoms with Gasteiger partial charge in [-0.2, -0.15) is 0 Å². The van der Waals surface area contributed by atoms with Gasteiger partial charge in [0.05, 0.1) is 17.1 Å². The maximum atomic E-state index is 11.0. The van der Waals surface area contributed by atoms with E-state index in [1.54, 1.807) is 0 Å². The number of hydrogen-bond acceptors (Lipinski definition) is 6. The van der Waals surface area contributed by atoms with Crippen molar-refractivity contribution in [3.05, 3.63) is 22.2 Å². The van der Waals surface area contributed by atoms with Crippen molar-refractivity contribution in [2.24, 2.45) is 11.8 Å². The quantitative estimate of drug-likeness (QED) is 0.451. The third kappa shape index (κ3) is 3.57. The van der Waals surface area contributed by atoms with Crippen LogP contribution in [0.5, 0.6) is 0 Å². The van der Waals surface area contributed by atoms with Gasteiger partial charge in [-0.15, -0.1) is 0 Å². The van der Waals surface area contributed by atoms with Crippen LogP contribution in [0, 0.1) is 16.0 Å². The Bertz CT molecular complexity index is 488. The average Bonchev–Trinajstić information content (AvgIpc) is 3.22. The summed E-state index contributed by atoms with van der Waals surface area (Å²) in [6.07, 6.45) is 3.27. The molecule has 0 spiro atoms. The Morgan fingerprint density at radius 3 is 2.75 bits per heavy atom. The highest BCUT2D eigenvalue weighted by Crippen LogP contribution is 2.33. The van der Waals surface area contributed by atoms with E-state index in [2.05, 4.69) is 29.2 Å². The van der Waals surface area contributed by atoms with Crippen LogP contribution in [-0.4, -0.2) is 22.5 Å². The van der Waals surface area contributed by atoms with Crippen LogP contribution in [0.4, 0.5) is 17.3 Å². The Morgan fingerprint density at radius 2 is 2.25 bits per heavy atom. The molecule has 0 radical (unpaired) electrons. The number of nitrogen functional groups attached to an aromatic ring is 1. The van der Waals surface area contributed by atoms with E-state index in [-0.39, 0.29) is 5.69 Å². The van der Waals surface area contributed by atoms with Crippen molar-refractivity contribution in [2.75, 3.05) is 16.9 Å². The van der Waals surface area contributed by atoms with Gasteiger partial charge in [-0.1, -0.05) is 13.8 Å². The fourth-order valence-corrected chi connectivity index (χ4v) is 2.10. The first-order valence-corrected chi connectivity index (χ1v) is 6.91. The van der Waals surface area contributed by atoms with Crippen molar-refractivity contribution in [1.82, 2.24) is 4.98 Å². The minimum Gasteiger partial charge on any atom is -0.353 e. The summed E-state index contributed by atoms with van der Waals surface area (Å²) >= 11 is 0. The van der Waals surface area contributed by atoms with Crippen LogP contribution in [0.15, 0.2) is 12.1 Å². The highest BCUT2D eigenvalue weighted by atomic mass is 16.6. The van der Waals surface area contributed by atoms with Gasteiger partial charge in [0, 0.05) is 12.6 Å². The lowest BCUT2D eigenvalue weighted by atomic mass is 10.1. The van der Waals surface area contributed by atoms with Gasteiger partial charge in [-0.25, -0.2) is 10.8 Å². The van der Waals surface area contributed by atoms with Gasteiger partial charge >= 0.3 is 0 Å². The normalized spacial score (nSPS) is 14.4. The molecular formula is C13H21N5O2. The molecule has 0 amide bonds. The van der Waals surface area contributed by atoms with E-state index in [1.165, 1.54) is 12.1 Å². The number of nitrogens with one attached hydrogen (secondary N) is 1. The smallest absolute Gasteiger partial charge is 0.276 e. The van der Waals surface area contributed by atoms with Crippen LogP contribution in [0.2, 0.25) is 0 Å². The molecule has 0 bridgehead atoms. The Kier molecular flexibility index (Phi) is 4.39.